The van der Waals surface area contributed by atoms with E-state index >= 15 is 0 Å². The number of nitrogens with zero attached hydrogens (tertiary/aromatic N) is 4. The first-order chi connectivity index (χ1) is 14.7. The van der Waals surface area contributed by atoms with Gasteiger partial charge in [0.25, 0.3) is 0 Å². The van der Waals surface area contributed by atoms with Crippen molar-refractivity contribution in [1.29, 1.82) is 5.26 Å². The van der Waals surface area contributed by atoms with Crippen LogP contribution in [0.15, 0.2) is 42.7 Å². The highest BCUT2D eigenvalue weighted by Crippen LogP contribution is 2.41. The van der Waals surface area contributed by atoms with Gasteiger partial charge < -0.3 is 15.7 Å². The molecule has 0 spiro atoms. The van der Waals surface area contributed by atoms with Gasteiger partial charge in [-0.05, 0) is 35.9 Å². The molecule has 0 fully saturated rings. The number of pyridine rings is 1. The summed E-state index contributed by atoms with van der Waals surface area (Å²) in [5, 5.41) is 25.1. The Kier molecular flexibility index (Phi) is 4.99. The highest BCUT2D eigenvalue weighted by Gasteiger charge is 2.36. The molecule has 0 saturated carbocycles. The molecule has 31 heavy (non-hydrogen) atoms. The molecular formula is C21H17F3N6O. The number of hydrogen-bond donors (Lipinski definition) is 3. The van der Waals surface area contributed by atoms with E-state index in [4.69, 9.17) is 0 Å². The Morgan fingerprint density at radius 2 is 2.06 bits per heavy atom. The summed E-state index contributed by atoms with van der Waals surface area (Å²) in [4.78, 5) is 11.7. The maximum atomic E-state index is 13.2. The summed E-state index contributed by atoms with van der Waals surface area (Å²) in [5.41, 5.74) is 0.942. The lowest BCUT2D eigenvalue weighted by molar-refractivity contribution is -0.140. The predicted octanol–water partition coefficient (Wildman–Crippen LogP) is 3.85. The number of aliphatic hydroxyl groups excluding tert-OH is 1. The minimum atomic E-state index is -4.63. The fraction of sp³-hybridized carbons (Fsp3) is 0.238. The van der Waals surface area contributed by atoms with Gasteiger partial charge in [0.1, 0.15) is 6.07 Å². The molecule has 1 aliphatic rings. The molecular weight excluding hydrogens is 409 g/mol. The molecule has 1 atom stereocenters. The highest BCUT2D eigenvalue weighted by atomic mass is 19.4. The van der Waals surface area contributed by atoms with Crippen molar-refractivity contribution in [3.8, 4) is 17.3 Å². The van der Waals surface area contributed by atoms with Gasteiger partial charge in [0.15, 0.2) is 5.69 Å². The molecule has 2 aromatic heterocycles. The summed E-state index contributed by atoms with van der Waals surface area (Å²) in [6.45, 7) is 2.25. The average Bonchev–Trinajstić information content (AvgIpc) is 3.10. The van der Waals surface area contributed by atoms with Gasteiger partial charge in [0.05, 0.1) is 29.2 Å². The summed E-state index contributed by atoms with van der Waals surface area (Å²) in [6.07, 6.45) is -2.16. The zero-order chi connectivity index (χ0) is 22.2. The molecule has 0 saturated heterocycles. The van der Waals surface area contributed by atoms with Crippen LogP contribution in [0.5, 0.6) is 0 Å². The average molecular weight is 426 g/mol. The number of fused-ring (bicyclic) bond motifs is 1. The molecule has 0 aliphatic carbocycles. The van der Waals surface area contributed by atoms with Crippen LogP contribution >= 0.6 is 0 Å². The predicted molar refractivity (Wildman–Crippen MR) is 108 cm³/mol. The quantitative estimate of drug-likeness (QED) is 0.582. The first-order valence-electron chi connectivity index (χ1n) is 9.31. The van der Waals surface area contributed by atoms with Crippen LogP contribution in [0.4, 0.5) is 30.5 Å². The fourth-order valence-corrected chi connectivity index (χ4v) is 3.50. The Balaban J connectivity index is 1.74. The molecule has 0 bridgehead atoms. The number of anilines is 3. The van der Waals surface area contributed by atoms with E-state index in [0.717, 1.165) is 11.8 Å². The number of nitrogens with one attached hydrogen (secondary N) is 2. The molecule has 3 aromatic rings. The van der Waals surface area contributed by atoms with Crippen LogP contribution in [0.2, 0.25) is 0 Å². The Morgan fingerprint density at radius 1 is 1.26 bits per heavy atom. The van der Waals surface area contributed by atoms with E-state index < -0.39 is 17.3 Å². The fourth-order valence-electron chi connectivity index (χ4n) is 3.50. The minimum Gasteiger partial charge on any atom is -0.395 e. The van der Waals surface area contributed by atoms with Crippen LogP contribution in [0.3, 0.4) is 0 Å². The molecule has 0 radical (unpaired) electrons. The monoisotopic (exact) mass is 426 g/mol. The van der Waals surface area contributed by atoms with Gasteiger partial charge in [0.2, 0.25) is 5.95 Å². The first kappa shape index (κ1) is 20.6. The maximum absolute atomic E-state index is 13.2. The standard InChI is InChI=1S/C21H17F3N6O/c1-20(11-31)10-28-17-13(9-25)7-12(8-14(17)20)15-4-6-27-19(29-15)30-16-3-2-5-26-18(16)21(22,23)24/h2-8,28,31H,10-11H2,1H3,(H,27,29,30). The van der Waals surface area contributed by atoms with Crippen LogP contribution in [0.25, 0.3) is 11.3 Å². The van der Waals surface area contributed by atoms with Crippen molar-refractivity contribution < 1.29 is 18.3 Å². The van der Waals surface area contributed by atoms with E-state index in [1.165, 1.54) is 18.3 Å². The SMILES string of the molecule is CC1(CO)CNc2c(C#N)cc(-c3ccnc(Nc4cccnc4C(F)(F)F)n3)cc21. The number of halogens is 3. The van der Waals surface area contributed by atoms with Crippen LogP contribution in [-0.2, 0) is 11.6 Å². The third kappa shape index (κ3) is 3.75. The van der Waals surface area contributed by atoms with E-state index in [1.54, 1.807) is 12.1 Å². The van der Waals surface area contributed by atoms with E-state index in [9.17, 15) is 23.5 Å². The molecule has 158 valence electrons. The molecule has 1 unspecified atom stereocenters. The molecule has 3 N–H and O–H groups in total. The van der Waals surface area contributed by atoms with E-state index in [0.29, 0.717) is 29.1 Å². The summed E-state index contributed by atoms with van der Waals surface area (Å²) >= 11 is 0. The van der Waals surface area contributed by atoms with E-state index in [1.807, 2.05) is 13.0 Å². The molecule has 4 rings (SSSR count). The largest absolute Gasteiger partial charge is 0.435 e. The van der Waals surface area contributed by atoms with Gasteiger partial charge in [-0.15, -0.1) is 0 Å². The third-order valence-electron chi connectivity index (χ3n) is 5.19. The summed E-state index contributed by atoms with van der Waals surface area (Å²) < 4.78 is 39.6. The molecule has 3 heterocycles. The van der Waals surface area contributed by atoms with Crippen molar-refractivity contribution >= 4 is 17.3 Å². The Hall–Kier alpha value is -3.71. The van der Waals surface area contributed by atoms with Crippen molar-refractivity contribution in [3.63, 3.8) is 0 Å². The highest BCUT2D eigenvalue weighted by molar-refractivity contribution is 5.76. The third-order valence-corrected chi connectivity index (χ3v) is 5.19. The van der Waals surface area contributed by atoms with Gasteiger partial charge in [-0.1, -0.05) is 6.92 Å². The van der Waals surface area contributed by atoms with Gasteiger partial charge in [-0.25, -0.2) is 15.0 Å². The number of benzene rings is 1. The number of aliphatic hydroxyl groups is 1. The lowest BCUT2D eigenvalue weighted by atomic mass is 9.83. The molecule has 0 amide bonds. The van der Waals surface area contributed by atoms with Crippen LogP contribution < -0.4 is 10.6 Å². The lowest BCUT2D eigenvalue weighted by Gasteiger charge is -2.21. The minimum absolute atomic E-state index is 0.0435. The summed E-state index contributed by atoms with van der Waals surface area (Å²) in [7, 11) is 0. The summed E-state index contributed by atoms with van der Waals surface area (Å²) in [5.74, 6) is -0.0435. The van der Waals surface area contributed by atoms with Gasteiger partial charge >= 0.3 is 6.18 Å². The van der Waals surface area contributed by atoms with Crippen molar-refractivity contribution in [2.75, 3.05) is 23.8 Å². The van der Waals surface area contributed by atoms with Gasteiger partial charge in [-0.3, -0.25) is 0 Å². The number of rotatable bonds is 4. The Bertz CT molecular complexity index is 1190. The lowest BCUT2D eigenvalue weighted by Crippen LogP contribution is -2.28. The first-order valence-corrected chi connectivity index (χ1v) is 9.31. The molecule has 10 heteroatoms. The molecule has 7 nitrogen and oxygen atoms in total. The second-order valence-electron chi connectivity index (χ2n) is 7.42. The second kappa shape index (κ2) is 7.52. The number of hydrogen-bond acceptors (Lipinski definition) is 7. The Morgan fingerprint density at radius 3 is 2.77 bits per heavy atom. The van der Waals surface area contributed by atoms with Crippen LogP contribution in [0, 0.1) is 11.3 Å². The Labute approximate surface area is 175 Å². The van der Waals surface area contributed by atoms with E-state index in [-0.39, 0.29) is 18.2 Å². The second-order valence-corrected chi connectivity index (χ2v) is 7.42. The van der Waals surface area contributed by atoms with Crippen molar-refractivity contribution in [2.24, 2.45) is 0 Å². The number of nitriles is 1. The summed E-state index contributed by atoms with van der Waals surface area (Å²) in [6, 6.07) is 9.83. The van der Waals surface area contributed by atoms with Gasteiger partial charge in [-0.2, -0.15) is 18.4 Å². The molecule has 1 aliphatic heterocycles. The van der Waals surface area contributed by atoms with Crippen LogP contribution in [0.1, 0.15) is 23.7 Å². The molecule has 1 aromatic carbocycles. The van der Waals surface area contributed by atoms with Crippen molar-refractivity contribution in [2.45, 2.75) is 18.5 Å². The number of aromatic nitrogens is 3. The smallest absolute Gasteiger partial charge is 0.395 e. The van der Waals surface area contributed by atoms with Gasteiger partial charge in [0, 0.05) is 29.9 Å². The topological polar surface area (TPSA) is 107 Å². The zero-order valence-electron chi connectivity index (χ0n) is 16.3. The number of alkyl halides is 3. The zero-order valence-corrected chi connectivity index (χ0v) is 16.3. The maximum Gasteiger partial charge on any atom is 0.435 e. The van der Waals surface area contributed by atoms with Crippen molar-refractivity contribution in [3.05, 3.63) is 59.5 Å². The van der Waals surface area contributed by atoms with Crippen LogP contribution in [-0.4, -0.2) is 33.2 Å². The van der Waals surface area contributed by atoms with E-state index in [2.05, 4.69) is 31.7 Å². The normalized spacial score (nSPS) is 17.5. The van der Waals surface area contributed by atoms with Crippen molar-refractivity contribution in [1.82, 2.24) is 15.0 Å².